The number of rotatable bonds is 5. The lowest BCUT2D eigenvalue weighted by Crippen LogP contribution is -2.39. The van der Waals surface area contributed by atoms with Gasteiger partial charge in [0.05, 0.1) is 25.3 Å². The van der Waals surface area contributed by atoms with Crippen molar-refractivity contribution in [1.82, 2.24) is 10.6 Å². The molecule has 0 radical (unpaired) electrons. The van der Waals surface area contributed by atoms with Crippen LogP contribution in [-0.4, -0.2) is 30.8 Å². The van der Waals surface area contributed by atoms with Gasteiger partial charge in [0, 0.05) is 18.5 Å². The maximum Gasteiger partial charge on any atom is 0.335 e. The van der Waals surface area contributed by atoms with Crippen LogP contribution in [0.1, 0.15) is 33.9 Å². The van der Waals surface area contributed by atoms with Crippen molar-refractivity contribution in [2.24, 2.45) is 0 Å². The maximum atomic E-state index is 12.2. The summed E-state index contributed by atoms with van der Waals surface area (Å²) < 4.78 is 10.9. The number of amides is 2. The minimum Gasteiger partial charge on any atom is -0.497 e. The molecule has 0 fully saturated rings. The number of carbonyl (C=O) groups is 2. The van der Waals surface area contributed by atoms with Gasteiger partial charge in [0.2, 0.25) is 0 Å². The summed E-state index contributed by atoms with van der Waals surface area (Å²) in [7, 11) is 1.59. The molecule has 7 heteroatoms. The van der Waals surface area contributed by atoms with Crippen LogP contribution in [0, 0.1) is 0 Å². The summed E-state index contributed by atoms with van der Waals surface area (Å²) in [6, 6.07) is 11.4. The van der Waals surface area contributed by atoms with Gasteiger partial charge in [0.15, 0.2) is 0 Å². The molecule has 0 unspecified atom stereocenters. The van der Waals surface area contributed by atoms with Gasteiger partial charge in [-0.05, 0) is 35.9 Å². The lowest BCUT2D eigenvalue weighted by molar-refractivity contribution is 0.0697. The number of ether oxygens (including phenoxy) is 2. The third kappa shape index (κ3) is 4.05. The van der Waals surface area contributed by atoms with Crippen molar-refractivity contribution in [1.29, 1.82) is 0 Å². The van der Waals surface area contributed by atoms with Gasteiger partial charge in [0.1, 0.15) is 11.5 Å². The van der Waals surface area contributed by atoms with E-state index in [1.165, 1.54) is 12.1 Å². The van der Waals surface area contributed by atoms with Gasteiger partial charge in [0.25, 0.3) is 0 Å². The number of nitrogens with one attached hydrogen (secondary N) is 2. The van der Waals surface area contributed by atoms with Crippen molar-refractivity contribution in [3.63, 3.8) is 0 Å². The van der Waals surface area contributed by atoms with Gasteiger partial charge in [-0.1, -0.05) is 12.1 Å². The number of benzene rings is 2. The van der Waals surface area contributed by atoms with E-state index in [-0.39, 0.29) is 17.6 Å². The first-order valence-electron chi connectivity index (χ1n) is 8.24. The number of carboxylic acids is 1. The van der Waals surface area contributed by atoms with Crippen molar-refractivity contribution in [2.45, 2.75) is 19.0 Å². The van der Waals surface area contributed by atoms with Crippen molar-refractivity contribution >= 4 is 12.0 Å². The summed E-state index contributed by atoms with van der Waals surface area (Å²) >= 11 is 0. The molecular formula is C19H20N2O5. The Kier molecular flexibility index (Phi) is 5.26. The van der Waals surface area contributed by atoms with Crippen molar-refractivity contribution in [2.75, 3.05) is 13.7 Å². The highest BCUT2D eigenvalue weighted by Gasteiger charge is 2.23. The average Bonchev–Trinajstić information content (AvgIpc) is 2.66. The summed E-state index contributed by atoms with van der Waals surface area (Å²) in [6.45, 7) is 0.834. The highest BCUT2D eigenvalue weighted by molar-refractivity contribution is 5.87. The predicted molar refractivity (Wildman–Crippen MR) is 94.6 cm³/mol. The Balaban J connectivity index is 1.60. The van der Waals surface area contributed by atoms with Gasteiger partial charge in [-0.25, -0.2) is 9.59 Å². The number of carbonyl (C=O) groups excluding carboxylic acids is 1. The Morgan fingerprint density at radius 1 is 1.23 bits per heavy atom. The minimum atomic E-state index is -0.976. The fourth-order valence-electron chi connectivity index (χ4n) is 2.81. The summed E-state index contributed by atoms with van der Waals surface area (Å²) in [5.74, 6) is 0.474. The Labute approximate surface area is 150 Å². The molecule has 0 aromatic heterocycles. The summed E-state index contributed by atoms with van der Waals surface area (Å²) in [5, 5.41) is 14.6. The molecule has 1 aliphatic rings. The van der Waals surface area contributed by atoms with Gasteiger partial charge in [-0.15, -0.1) is 0 Å². The topological polar surface area (TPSA) is 96.9 Å². The molecular weight excluding hydrogens is 336 g/mol. The average molecular weight is 356 g/mol. The van der Waals surface area contributed by atoms with Crippen LogP contribution in [0.25, 0.3) is 0 Å². The van der Waals surface area contributed by atoms with Gasteiger partial charge in [-0.3, -0.25) is 0 Å². The zero-order valence-electron chi connectivity index (χ0n) is 14.3. The highest BCUT2D eigenvalue weighted by atomic mass is 16.5. The molecule has 1 atom stereocenters. The summed E-state index contributed by atoms with van der Waals surface area (Å²) in [6.07, 6.45) is 0.668. The number of fused-ring (bicyclic) bond motifs is 1. The molecule has 2 amide bonds. The largest absolute Gasteiger partial charge is 0.497 e. The molecule has 0 spiro atoms. The lowest BCUT2D eigenvalue weighted by atomic mass is 10.0. The van der Waals surface area contributed by atoms with E-state index in [1.807, 2.05) is 18.2 Å². The van der Waals surface area contributed by atoms with Gasteiger partial charge < -0.3 is 25.2 Å². The molecule has 1 aliphatic heterocycles. The predicted octanol–water partition coefficient (Wildman–Crippen LogP) is 2.72. The molecule has 1 heterocycles. The Bertz CT molecular complexity index is 804. The van der Waals surface area contributed by atoms with E-state index < -0.39 is 5.97 Å². The number of methoxy groups -OCH3 is 1. The summed E-state index contributed by atoms with van der Waals surface area (Å²) in [5.41, 5.74) is 1.92. The number of carboxylic acid groups (broad SMARTS) is 1. The minimum absolute atomic E-state index is 0.164. The third-order valence-corrected chi connectivity index (χ3v) is 4.22. The number of urea groups is 1. The smallest absolute Gasteiger partial charge is 0.335 e. The molecule has 3 N–H and O–H groups in total. The molecule has 136 valence electrons. The molecule has 7 nitrogen and oxygen atoms in total. The van der Waals surface area contributed by atoms with Gasteiger partial charge in [-0.2, -0.15) is 0 Å². The molecule has 2 aromatic carbocycles. The van der Waals surface area contributed by atoms with E-state index in [4.69, 9.17) is 14.6 Å². The van der Waals surface area contributed by atoms with E-state index in [0.717, 1.165) is 16.9 Å². The Hall–Kier alpha value is -3.22. The van der Waals surface area contributed by atoms with Crippen LogP contribution in [-0.2, 0) is 6.54 Å². The van der Waals surface area contributed by atoms with E-state index in [0.29, 0.717) is 25.3 Å². The van der Waals surface area contributed by atoms with Crippen LogP contribution < -0.4 is 20.1 Å². The SMILES string of the molecule is COc1ccc2c(c1)[C@@H](NC(=O)NCc1ccc(C(=O)O)cc1)CCO2. The van der Waals surface area contributed by atoms with E-state index in [1.54, 1.807) is 19.2 Å². The van der Waals surface area contributed by atoms with Crippen LogP contribution in [0.5, 0.6) is 11.5 Å². The van der Waals surface area contributed by atoms with Crippen LogP contribution in [0.4, 0.5) is 4.79 Å². The van der Waals surface area contributed by atoms with Crippen LogP contribution in [0.3, 0.4) is 0 Å². The molecule has 0 saturated carbocycles. The number of aromatic carboxylic acids is 1. The van der Waals surface area contributed by atoms with Crippen molar-refractivity contribution in [3.8, 4) is 11.5 Å². The van der Waals surface area contributed by atoms with Gasteiger partial charge >= 0.3 is 12.0 Å². The van der Waals surface area contributed by atoms with Crippen LogP contribution in [0.15, 0.2) is 42.5 Å². The first kappa shape index (κ1) is 17.6. The molecule has 0 saturated heterocycles. The first-order valence-corrected chi connectivity index (χ1v) is 8.24. The number of hydrogen-bond acceptors (Lipinski definition) is 4. The highest BCUT2D eigenvalue weighted by Crippen LogP contribution is 2.34. The van der Waals surface area contributed by atoms with Crippen molar-refractivity contribution < 1.29 is 24.2 Å². The van der Waals surface area contributed by atoms with E-state index in [2.05, 4.69) is 10.6 Å². The second-order valence-electron chi connectivity index (χ2n) is 5.92. The van der Waals surface area contributed by atoms with Crippen LogP contribution >= 0.6 is 0 Å². The molecule has 2 aromatic rings. The second-order valence-corrected chi connectivity index (χ2v) is 5.92. The zero-order chi connectivity index (χ0) is 18.5. The van der Waals surface area contributed by atoms with E-state index >= 15 is 0 Å². The monoisotopic (exact) mass is 356 g/mol. The first-order chi connectivity index (χ1) is 12.6. The van der Waals surface area contributed by atoms with E-state index in [9.17, 15) is 9.59 Å². The Morgan fingerprint density at radius 3 is 2.69 bits per heavy atom. The molecule has 26 heavy (non-hydrogen) atoms. The zero-order valence-corrected chi connectivity index (χ0v) is 14.3. The molecule has 3 rings (SSSR count). The standard InChI is InChI=1S/C19H20N2O5/c1-25-14-6-7-17-15(10-14)16(8-9-26-17)21-19(24)20-11-12-2-4-13(5-3-12)18(22)23/h2-7,10,16H,8-9,11H2,1H3,(H,22,23)(H2,20,21,24)/t16-/m0/s1. The normalized spacial score (nSPS) is 15.3. The molecule has 0 bridgehead atoms. The second kappa shape index (κ2) is 7.77. The number of hydrogen-bond donors (Lipinski definition) is 3. The summed E-state index contributed by atoms with van der Waals surface area (Å²) in [4.78, 5) is 23.1. The third-order valence-electron chi connectivity index (χ3n) is 4.22. The Morgan fingerprint density at radius 2 is 2.00 bits per heavy atom. The fraction of sp³-hybridized carbons (Fsp3) is 0.263. The quantitative estimate of drug-likeness (QED) is 0.765. The van der Waals surface area contributed by atoms with Crippen molar-refractivity contribution in [3.05, 3.63) is 59.2 Å². The fourth-order valence-corrected chi connectivity index (χ4v) is 2.81. The lowest BCUT2D eigenvalue weighted by Gasteiger charge is -2.27. The van der Waals surface area contributed by atoms with Crippen LogP contribution in [0.2, 0.25) is 0 Å². The molecule has 0 aliphatic carbocycles. The maximum absolute atomic E-state index is 12.2.